The van der Waals surface area contributed by atoms with Crippen LogP contribution in [-0.2, 0) is 30.8 Å². The number of anilines is 1. The zero-order valence-electron chi connectivity index (χ0n) is 19.1. The lowest BCUT2D eigenvalue weighted by molar-refractivity contribution is 0.115. The van der Waals surface area contributed by atoms with Gasteiger partial charge in [0, 0.05) is 44.8 Å². The molecule has 1 aromatic carbocycles. The molecule has 4 heterocycles. The largest absolute Gasteiger partial charge is 0.464 e. The maximum Gasteiger partial charge on any atom is 0.137 e. The molecule has 0 amide bonds. The second-order valence-corrected chi connectivity index (χ2v) is 8.99. The van der Waals surface area contributed by atoms with Crippen molar-refractivity contribution >= 4 is 5.82 Å². The number of benzene rings is 1. The molecule has 6 nitrogen and oxygen atoms in total. The molecule has 1 atom stereocenters. The maximum absolute atomic E-state index is 6.00. The summed E-state index contributed by atoms with van der Waals surface area (Å²) in [5.41, 5.74) is 3.77. The van der Waals surface area contributed by atoms with E-state index in [1.54, 1.807) is 0 Å². The Morgan fingerprint density at radius 1 is 1.09 bits per heavy atom. The Bertz CT molecular complexity index is 1040. The molecule has 2 aliphatic heterocycles. The molecule has 0 N–H and O–H groups in total. The van der Waals surface area contributed by atoms with Crippen LogP contribution in [0.5, 0.6) is 0 Å². The summed E-state index contributed by atoms with van der Waals surface area (Å²) in [7, 11) is 0. The summed E-state index contributed by atoms with van der Waals surface area (Å²) in [4.78, 5) is 14.6. The highest BCUT2D eigenvalue weighted by Gasteiger charge is 2.28. The topological polar surface area (TPSA) is 54.6 Å². The summed E-state index contributed by atoms with van der Waals surface area (Å²) in [6, 6.07) is 14.8. The zero-order chi connectivity index (χ0) is 21.9. The van der Waals surface area contributed by atoms with Crippen molar-refractivity contribution in [2.45, 2.75) is 58.8 Å². The fourth-order valence-corrected chi connectivity index (χ4v) is 4.83. The Morgan fingerprint density at radius 2 is 1.97 bits per heavy atom. The van der Waals surface area contributed by atoms with Gasteiger partial charge in [-0.25, -0.2) is 9.97 Å². The van der Waals surface area contributed by atoms with Gasteiger partial charge in [0.25, 0.3) is 0 Å². The fraction of sp³-hybridized carbons (Fsp3) is 0.462. The van der Waals surface area contributed by atoms with Gasteiger partial charge in [0.15, 0.2) is 0 Å². The Hall–Kier alpha value is -2.70. The highest BCUT2D eigenvalue weighted by molar-refractivity contribution is 5.50. The summed E-state index contributed by atoms with van der Waals surface area (Å²) in [6.07, 6.45) is 3.41. The van der Waals surface area contributed by atoms with E-state index in [-0.39, 0.29) is 6.10 Å². The molecule has 2 aromatic heterocycles. The van der Waals surface area contributed by atoms with Crippen molar-refractivity contribution in [2.24, 2.45) is 0 Å². The van der Waals surface area contributed by atoms with E-state index in [1.807, 2.05) is 19.9 Å². The molecule has 0 spiro atoms. The third kappa shape index (κ3) is 4.87. The van der Waals surface area contributed by atoms with Gasteiger partial charge in [-0.1, -0.05) is 30.3 Å². The molecular weight excluding hydrogens is 400 g/mol. The Kier molecular flexibility index (Phi) is 6.23. The zero-order valence-corrected chi connectivity index (χ0v) is 19.1. The van der Waals surface area contributed by atoms with Crippen LogP contribution in [0.4, 0.5) is 5.82 Å². The molecular formula is C26H32N4O2. The maximum atomic E-state index is 6.00. The first-order valence-corrected chi connectivity index (χ1v) is 11.7. The summed E-state index contributed by atoms with van der Waals surface area (Å²) < 4.78 is 11.9. The molecule has 6 heteroatoms. The number of aryl methyl sites for hydroxylation is 2. The molecule has 1 fully saturated rings. The second kappa shape index (κ2) is 9.43. The van der Waals surface area contributed by atoms with Crippen molar-refractivity contribution in [3.05, 3.63) is 76.6 Å². The van der Waals surface area contributed by atoms with Crippen molar-refractivity contribution in [3.8, 4) is 0 Å². The van der Waals surface area contributed by atoms with Gasteiger partial charge in [-0.05, 0) is 44.4 Å². The van der Waals surface area contributed by atoms with Crippen LogP contribution in [-0.4, -0.2) is 40.7 Å². The van der Waals surface area contributed by atoms with Crippen molar-refractivity contribution in [1.82, 2.24) is 14.9 Å². The van der Waals surface area contributed by atoms with Crippen molar-refractivity contribution in [2.75, 3.05) is 24.6 Å². The van der Waals surface area contributed by atoms with E-state index in [1.165, 1.54) is 16.8 Å². The normalized spacial score (nSPS) is 18.6. The van der Waals surface area contributed by atoms with Crippen LogP contribution in [0.15, 0.2) is 46.9 Å². The minimum Gasteiger partial charge on any atom is -0.464 e. The minimum absolute atomic E-state index is 0.237. The number of hydrogen-bond donors (Lipinski definition) is 0. The molecule has 0 aliphatic carbocycles. The molecule has 0 radical (unpaired) electrons. The van der Waals surface area contributed by atoms with E-state index in [0.29, 0.717) is 6.54 Å². The summed E-state index contributed by atoms with van der Waals surface area (Å²) in [6.45, 7) is 9.17. The summed E-state index contributed by atoms with van der Waals surface area (Å²) in [5.74, 6) is 3.77. The first-order chi connectivity index (χ1) is 15.6. The molecule has 168 valence electrons. The number of fused-ring (bicyclic) bond motifs is 1. The smallest absolute Gasteiger partial charge is 0.137 e. The van der Waals surface area contributed by atoms with Gasteiger partial charge < -0.3 is 14.1 Å². The van der Waals surface area contributed by atoms with Gasteiger partial charge in [-0.3, -0.25) is 4.90 Å². The van der Waals surface area contributed by atoms with Crippen LogP contribution in [0.3, 0.4) is 0 Å². The van der Waals surface area contributed by atoms with Crippen molar-refractivity contribution in [3.63, 3.8) is 0 Å². The standard InChI is InChI=1S/C26H32N4O2/c1-19-10-11-23(32-19)17-30(16-22-9-6-14-31-22)26-24-18-29(15-21-7-4-3-5-8-21)13-12-25(24)27-20(2)28-26/h3-5,7-8,10-11,22H,6,9,12-18H2,1-2H3/t22-/m0/s1. The molecule has 0 bridgehead atoms. The second-order valence-electron chi connectivity index (χ2n) is 8.99. The highest BCUT2D eigenvalue weighted by atomic mass is 16.5. The lowest BCUT2D eigenvalue weighted by atomic mass is 10.0. The predicted octanol–water partition coefficient (Wildman–Crippen LogP) is 4.43. The number of furan rings is 1. The lowest BCUT2D eigenvalue weighted by Gasteiger charge is -2.33. The van der Waals surface area contributed by atoms with Crippen molar-refractivity contribution < 1.29 is 9.15 Å². The van der Waals surface area contributed by atoms with Gasteiger partial charge in [-0.15, -0.1) is 0 Å². The van der Waals surface area contributed by atoms with E-state index in [0.717, 1.165) is 75.2 Å². The molecule has 5 rings (SSSR count). The highest BCUT2D eigenvalue weighted by Crippen LogP contribution is 2.30. The van der Waals surface area contributed by atoms with Crippen molar-refractivity contribution in [1.29, 1.82) is 0 Å². The van der Waals surface area contributed by atoms with E-state index in [4.69, 9.17) is 19.1 Å². The average molecular weight is 433 g/mol. The number of aromatic nitrogens is 2. The van der Waals surface area contributed by atoms with Crippen LogP contribution in [0.25, 0.3) is 0 Å². The van der Waals surface area contributed by atoms with Gasteiger partial charge >= 0.3 is 0 Å². The molecule has 1 saturated heterocycles. The van der Waals surface area contributed by atoms with Gasteiger partial charge in [0.2, 0.25) is 0 Å². The molecule has 32 heavy (non-hydrogen) atoms. The average Bonchev–Trinajstić information content (AvgIpc) is 3.45. The van der Waals surface area contributed by atoms with Crippen LogP contribution in [0, 0.1) is 13.8 Å². The Balaban J connectivity index is 1.44. The molecule has 2 aliphatic rings. The third-order valence-electron chi connectivity index (χ3n) is 6.37. The monoisotopic (exact) mass is 432 g/mol. The lowest BCUT2D eigenvalue weighted by Crippen LogP contribution is -2.37. The summed E-state index contributed by atoms with van der Waals surface area (Å²) >= 11 is 0. The van der Waals surface area contributed by atoms with Crippen LogP contribution in [0.2, 0.25) is 0 Å². The van der Waals surface area contributed by atoms with Crippen LogP contribution < -0.4 is 4.90 Å². The van der Waals surface area contributed by atoms with Gasteiger partial charge in [0.05, 0.1) is 18.3 Å². The SMILES string of the molecule is Cc1nc2c(c(N(Cc3ccc(C)o3)C[C@@H]3CCCO3)n1)CN(Cc1ccccc1)CC2. The fourth-order valence-electron chi connectivity index (χ4n) is 4.83. The Labute approximate surface area is 190 Å². The predicted molar refractivity (Wildman–Crippen MR) is 124 cm³/mol. The minimum atomic E-state index is 0.237. The first-order valence-electron chi connectivity index (χ1n) is 11.7. The van der Waals surface area contributed by atoms with Crippen LogP contribution >= 0.6 is 0 Å². The van der Waals surface area contributed by atoms with E-state index in [2.05, 4.69) is 46.2 Å². The summed E-state index contributed by atoms with van der Waals surface area (Å²) in [5, 5.41) is 0. The number of rotatable bonds is 7. The van der Waals surface area contributed by atoms with Gasteiger partial charge in [-0.2, -0.15) is 0 Å². The number of ether oxygens (including phenoxy) is 1. The number of nitrogens with zero attached hydrogens (tertiary/aromatic N) is 4. The quantitative estimate of drug-likeness (QED) is 0.551. The van der Waals surface area contributed by atoms with Crippen LogP contribution in [0.1, 0.15) is 47.0 Å². The molecule has 3 aromatic rings. The number of hydrogen-bond acceptors (Lipinski definition) is 6. The third-order valence-corrected chi connectivity index (χ3v) is 6.37. The Morgan fingerprint density at radius 3 is 2.72 bits per heavy atom. The first kappa shape index (κ1) is 21.2. The van der Waals surface area contributed by atoms with Gasteiger partial charge in [0.1, 0.15) is 23.2 Å². The van der Waals surface area contributed by atoms with E-state index in [9.17, 15) is 0 Å². The molecule has 0 saturated carbocycles. The molecule has 0 unspecified atom stereocenters. The van der Waals surface area contributed by atoms with E-state index < -0.39 is 0 Å². The van der Waals surface area contributed by atoms with E-state index >= 15 is 0 Å².